The van der Waals surface area contributed by atoms with E-state index in [2.05, 4.69) is 5.32 Å². The minimum atomic E-state index is -0.198. The molecular formula is C11H19NO2. The number of carbonyl (C=O) groups is 2. The van der Waals surface area contributed by atoms with Crippen molar-refractivity contribution in [1.82, 2.24) is 5.32 Å². The van der Waals surface area contributed by atoms with Gasteiger partial charge in [0.25, 0.3) is 0 Å². The van der Waals surface area contributed by atoms with Crippen molar-refractivity contribution < 1.29 is 9.59 Å². The highest BCUT2D eigenvalue weighted by molar-refractivity contribution is 5.89. The van der Waals surface area contributed by atoms with E-state index < -0.39 is 0 Å². The number of ketones is 1. The maximum Gasteiger partial charge on any atom is 0.220 e. The van der Waals surface area contributed by atoms with Crippen LogP contribution in [0, 0.1) is 0 Å². The summed E-state index contributed by atoms with van der Waals surface area (Å²) in [6.07, 6.45) is 6.00. The lowest BCUT2D eigenvalue weighted by atomic mass is 10.1. The van der Waals surface area contributed by atoms with E-state index in [0.717, 1.165) is 32.1 Å². The summed E-state index contributed by atoms with van der Waals surface area (Å²) in [5.74, 6) is 0.236. The van der Waals surface area contributed by atoms with Crippen molar-refractivity contribution in [3.8, 4) is 0 Å². The summed E-state index contributed by atoms with van der Waals surface area (Å²) < 4.78 is 0. The highest BCUT2D eigenvalue weighted by Gasteiger charge is 2.21. The molecule has 0 saturated heterocycles. The Kier molecular flexibility index (Phi) is 4.63. The average molecular weight is 197 g/mol. The van der Waals surface area contributed by atoms with E-state index in [1.165, 1.54) is 0 Å². The number of Topliss-reactive ketones (excluding diaryl/α,β-unsaturated/α-hetero) is 1. The number of hydrogen-bond acceptors (Lipinski definition) is 2. The summed E-state index contributed by atoms with van der Waals surface area (Å²) in [5, 5.41) is 2.82. The molecule has 1 fully saturated rings. The van der Waals surface area contributed by atoms with Crippen LogP contribution >= 0.6 is 0 Å². The van der Waals surface area contributed by atoms with E-state index in [-0.39, 0.29) is 17.7 Å². The summed E-state index contributed by atoms with van der Waals surface area (Å²) >= 11 is 0. The molecule has 80 valence electrons. The number of carbonyl (C=O) groups excluding carboxylic acids is 2. The molecule has 1 rings (SSSR count). The van der Waals surface area contributed by atoms with Crippen LogP contribution < -0.4 is 5.32 Å². The molecule has 14 heavy (non-hydrogen) atoms. The van der Waals surface area contributed by atoms with Crippen LogP contribution in [0.5, 0.6) is 0 Å². The lowest BCUT2D eigenvalue weighted by molar-refractivity contribution is -0.127. The Bertz CT molecular complexity index is 213. The van der Waals surface area contributed by atoms with Gasteiger partial charge in [-0.3, -0.25) is 9.59 Å². The fraction of sp³-hybridized carbons (Fsp3) is 0.818. The fourth-order valence-electron chi connectivity index (χ4n) is 1.81. The van der Waals surface area contributed by atoms with Crippen LogP contribution in [0.4, 0.5) is 0 Å². The second-order valence-electron chi connectivity index (χ2n) is 3.94. The van der Waals surface area contributed by atoms with Crippen molar-refractivity contribution in [3.63, 3.8) is 0 Å². The molecule has 0 spiro atoms. The molecule has 0 radical (unpaired) electrons. The summed E-state index contributed by atoms with van der Waals surface area (Å²) in [4.78, 5) is 22.8. The summed E-state index contributed by atoms with van der Waals surface area (Å²) in [6.45, 7) is 1.97. The standard InChI is InChI=1S/C11H19NO2/c1-2-6-11(14)12-9-7-4-3-5-8-10(9)13/h9H,2-8H2,1H3,(H,12,14). The molecule has 0 aliphatic heterocycles. The van der Waals surface area contributed by atoms with Crippen molar-refractivity contribution in [2.75, 3.05) is 0 Å². The molecule has 1 N–H and O–H groups in total. The van der Waals surface area contributed by atoms with E-state index in [9.17, 15) is 9.59 Å². The molecule has 0 aromatic heterocycles. The van der Waals surface area contributed by atoms with Crippen molar-refractivity contribution in [3.05, 3.63) is 0 Å². The predicted molar refractivity (Wildman–Crippen MR) is 54.9 cm³/mol. The monoisotopic (exact) mass is 197 g/mol. The Morgan fingerprint density at radius 2 is 2.21 bits per heavy atom. The molecule has 1 unspecified atom stereocenters. The van der Waals surface area contributed by atoms with Crippen LogP contribution in [-0.2, 0) is 9.59 Å². The highest BCUT2D eigenvalue weighted by atomic mass is 16.2. The molecule has 0 bridgehead atoms. The van der Waals surface area contributed by atoms with Gasteiger partial charge < -0.3 is 5.32 Å². The van der Waals surface area contributed by atoms with Crippen LogP contribution in [0.3, 0.4) is 0 Å². The van der Waals surface area contributed by atoms with Crippen molar-refractivity contribution in [1.29, 1.82) is 0 Å². The van der Waals surface area contributed by atoms with Crippen molar-refractivity contribution in [2.24, 2.45) is 0 Å². The average Bonchev–Trinajstić information content (AvgIpc) is 2.33. The van der Waals surface area contributed by atoms with Gasteiger partial charge in [0.15, 0.2) is 5.78 Å². The number of amides is 1. The van der Waals surface area contributed by atoms with E-state index >= 15 is 0 Å². The normalized spacial score (nSPS) is 22.9. The van der Waals surface area contributed by atoms with Gasteiger partial charge in [0.2, 0.25) is 5.91 Å². The number of hydrogen-bond donors (Lipinski definition) is 1. The molecular weight excluding hydrogens is 178 g/mol. The van der Waals surface area contributed by atoms with Gasteiger partial charge in [0.1, 0.15) is 0 Å². The van der Waals surface area contributed by atoms with E-state index in [1.54, 1.807) is 0 Å². The van der Waals surface area contributed by atoms with Gasteiger partial charge in [-0.2, -0.15) is 0 Å². The second kappa shape index (κ2) is 5.78. The summed E-state index contributed by atoms with van der Waals surface area (Å²) in [7, 11) is 0. The quantitative estimate of drug-likeness (QED) is 0.701. The Balaban J connectivity index is 2.40. The highest BCUT2D eigenvalue weighted by Crippen LogP contribution is 2.14. The molecule has 3 heteroatoms. The zero-order valence-corrected chi connectivity index (χ0v) is 8.84. The Hall–Kier alpha value is -0.860. The van der Waals surface area contributed by atoms with Gasteiger partial charge in [0, 0.05) is 12.8 Å². The first-order chi connectivity index (χ1) is 6.74. The lowest BCUT2D eigenvalue weighted by Crippen LogP contribution is -2.39. The number of rotatable bonds is 3. The maximum absolute atomic E-state index is 11.5. The second-order valence-corrected chi connectivity index (χ2v) is 3.94. The first-order valence-corrected chi connectivity index (χ1v) is 5.56. The van der Waals surface area contributed by atoms with Gasteiger partial charge in [-0.05, 0) is 19.3 Å². The van der Waals surface area contributed by atoms with E-state index in [0.29, 0.717) is 12.8 Å². The molecule has 1 saturated carbocycles. The molecule has 1 aliphatic rings. The van der Waals surface area contributed by atoms with Crippen LogP contribution in [0.15, 0.2) is 0 Å². The van der Waals surface area contributed by atoms with Gasteiger partial charge >= 0.3 is 0 Å². The van der Waals surface area contributed by atoms with Crippen LogP contribution in [0.25, 0.3) is 0 Å². The van der Waals surface area contributed by atoms with E-state index in [4.69, 9.17) is 0 Å². The van der Waals surface area contributed by atoms with Crippen LogP contribution in [0.1, 0.15) is 51.9 Å². The fourth-order valence-corrected chi connectivity index (χ4v) is 1.81. The zero-order valence-electron chi connectivity index (χ0n) is 8.84. The molecule has 0 aromatic carbocycles. The molecule has 0 aromatic rings. The molecule has 1 amide bonds. The SMILES string of the molecule is CCCC(=O)NC1CCCCCC1=O. The predicted octanol–water partition coefficient (Wildman–Crippen LogP) is 1.80. The summed E-state index contributed by atoms with van der Waals surface area (Å²) in [6, 6.07) is -0.198. The van der Waals surface area contributed by atoms with Crippen LogP contribution in [-0.4, -0.2) is 17.7 Å². The largest absolute Gasteiger partial charge is 0.346 e. The molecule has 0 heterocycles. The summed E-state index contributed by atoms with van der Waals surface area (Å²) in [5.41, 5.74) is 0. The van der Waals surface area contributed by atoms with Gasteiger partial charge in [-0.15, -0.1) is 0 Å². The smallest absolute Gasteiger partial charge is 0.220 e. The number of nitrogens with one attached hydrogen (secondary N) is 1. The molecule has 3 nitrogen and oxygen atoms in total. The third-order valence-electron chi connectivity index (χ3n) is 2.62. The Morgan fingerprint density at radius 1 is 1.43 bits per heavy atom. The van der Waals surface area contributed by atoms with Gasteiger partial charge in [-0.25, -0.2) is 0 Å². The minimum Gasteiger partial charge on any atom is -0.346 e. The first kappa shape index (κ1) is 11.2. The minimum absolute atomic E-state index is 0.0211. The Labute approximate surface area is 85.3 Å². The third kappa shape index (κ3) is 3.48. The third-order valence-corrected chi connectivity index (χ3v) is 2.62. The maximum atomic E-state index is 11.5. The topological polar surface area (TPSA) is 46.2 Å². The van der Waals surface area contributed by atoms with Crippen molar-refractivity contribution in [2.45, 2.75) is 57.9 Å². The Morgan fingerprint density at radius 3 is 2.93 bits per heavy atom. The van der Waals surface area contributed by atoms with Crippen molar-refractivity contribution >= 4 is 11.7 Å². The van der Waals surface area contributed by atoms with Gasteiger partial charge in [-0.1, -0.05) is 19.8 Å². The molecule has 1 aliphatic carbocycles. The van der Waals surface area contributed by atoms with Gasteiger partial charge in [0.05, 0.1) is 6.04 Å². The lowest BCUT2D eigenvalue weighted by Gasteiger charge is -2.14. The molecule has 1 atom stereocenters. The first-order valence-electron chi connectivity index (χ1n) is 5.56. The zero-order chi connectivity index (χ0) is 10.4. The van der Waals surface area contributed by atoms with Crippen LogP contribution in [0.2, 0.25) is 0 Å². The van der Waals surface area contributed by atoms with E-state index in [1.807, 2.05) is 6.92 Å².